The Kier molecular flexibility index (Phi) is 2.60. The molecule has 0 atom stereocenters. The summed E-state index contributed by atoms with van der Waals surface area (Å²) in [6.07, 6.45) is 3.29. The van der Waals surface area contributed by atoms with Gasteiger partial charge in [-0.25, -0.2) is 4.98 Å². The minimum absolute atomic E-state index is 0.523. The van der Waals surface area contributed by atoms with Crippen LogP contribution in [0, 0.1) is 0 Å². The lowest BCUT2D eigenvalue weighted by Gasteiger charge is -2.03. The summed E-state index contributed by atoms with van der Waals surface area (Å²) in [5.41, 5.74) is 6.32. The van der Waals surface area contributed by atoms with E-state index in [-0.39, 0.29) is 0 Å². The molecule has 2 aromatic heterocycles. The van der Waals surface area contributed by atoms with Gasteiger partial charge in [0.05, 0.1) is 5.69 Å². The van der Waals surface area contributed by atoms with Crippen molar-refractivity contribution in [1.29, 1.82) is 0 Å². The van der Waals surface area contributed by atoms with Gasteiger partial charge in [-0.1, -0.05) is 19.9 Å². The molecule has 0 spiro atoms. The molecule has 0 unspecified atom stereocenters. The van der Waals surface area contributed by atoms with Gasteiger partial charge in [0.2, 0.25) is 0 Å². The lowest BCUT2D eigenvalue weighted by molar-refractivity contribution is 0.811. The summed E-state index contributed by atoms with van der Waals surface area (Å²) in [6, 6.07) is 6.62. The fraction of sp³-hybridized carbons (Fsp3) is 0.312. The summed E-state index contributed by atoms with van der Waals surface area (Å²) in [6.45, 7) is 5.50. The van der Waals surface area contributed by atoms with Gasteiger partial charge in [-0.2, -0.15) is 0 Å². The standard InChI is InChI=1S/C16H17N3S/c1-10(2)15-9-20-16-18-14(8-19(15)16)11-3-4-13-12(7-11)5-6-17-13/h3-4,7-10,17H,5-6H2,1-2H3. The van der Waals surface area contributed by atoms with Crippen molar-refractivity contribution in [3.8, 4) is 11.3 Å². The predicted molar refractivity (Wildman–Crippen MR) is 84.8 cm³/mol. The number of thiazole rings is 1. The molecule has 3 heterocycles. The molecular weight excluding hydrogens is 266 g/mol. The molecule has 0 bridgehead atoms. The largest absolute Gasteiger partial charge is 0.384 e. The van der Waals surface area contributed by atoms with Crippen molar-refractivity contribution in [3.63, 3.8) is 0 Å². The van der Waals surface area contributed by atoms with Crippen LogP contribution in [-0.2, 0) is 6.42 Å². The van der Waals surface area contributed by atoms with Gasteiger partial charge in [-0.3, -0.25) is 4.40 Å². The van der Waals surface area contributed by atoms with Gasteiger partial charge in [0.25, 0.3) is 0 Å². The van der Waals surface area contributed by atoms with Gasteiger partial charge in [0.1, 0.15) is 0 Å². The van der Waals surface area contributed by atoms with E-state index in [1.54, 1.807) is 11.3 Å². The van der Waals surface area contributed by atoms with Gasteiger partial charge < -0.3 is 5.32 Å². The van der Waals surface area contributed by atoms with Crippen LogP contribution in [0.15, 0.2) is 29.8 Å². The zero-order valence-corrected chi connectivity index (χ0v) is 12.5. The van der Waals surface area contributed by atoms with E-state index in [0.717, 1.165) is 23.6 Å². The Balaban J connectivity index is 1.82. The normalized spacial score (nSPS) is 13.9. The number of anilines is 1. The Morgan fingerprint density at radius 2 is 2.25 bits per heavy atom. The van der Waals surface area contributed by atoms with Gasteiger partial charge >= 0.3 is 0 Å². The number of imidazole rings is 1. The Morgan fingerprint density at radius 1 is 1.35 bits per heavy atom. The first-order chi connectivity index (χ1) is 9.72. The molecule has 0 radical (unpaired) electrons. The van der Waals surface area contributed by atoms with E-state index in [2.05, 4.69) is 53.3 Å². The van der Waals surface area contributed by atoms with Crippen LogP contribution < -0.4 is 5.32 Å². The molecule has 0 saturated heterocycles. The minimum Gasteiger partial charge on any atom is -0.384 e. The summed E-state index contributed by atoms with van der Waals surface area (Å²) in [4.78, 5) is 5.86. The summed E-state index contributed by atoms with van der Waals surface area (Å²) in [7, 11) is 0. The minimum atomic E-state index is 0.523. The number of aromatic nitrogens is 2. The van der Waals surface area contributed by atoms with Crippen molar-refractivity contribution in [2.24, 2.45) is 0 Å². The Morgan fingerprint density at radius 3 is 3.10 bits per heavy atom. The fourth-order valence-electron chi connectivity index (χ4n) is 2.82. The molecule has 0 saturated carbocycles. The van der Waals surface area contributed by atoms with Gasteiger partial charge in [0, 0.05) is 35.1 Å². The van der Waals surface area contributed by atoms with E-state index >= 15 is 0 Å². The maximum Gasteiger partial charge on any atom is 0.194 e. The molecule has 20 heavy (non-hydrogen) atoms. The molecule has 1 aromatic carbocycles. The zero-order chi connectivity index (χ0) is 13.7. The van der Waals surface area contributed by atoms with Crippen LogP contribution in [0.4, 0.5) is 5.69 Å². The summed E-state index contributed by atoms with van der Waals surface area (Å²) in [5.74, 6) is 0.523. The molecule has 3 aromatic rings. The molecule has 4 rings (SSSR count). The van der Waals surface area contributed by atoms with Crippen LogP contribution in [0.1, 0.15) is 31.0 Å². The highest BCUT2D eigenvalue weighted by atomic mass is 32.1. The number of nitrogens with one attached hydrogen (secondary N) is 1. The van der Waals surface area contributed by atoms with Crippen LogP contribution in [0.2, 0.25) is 0 Å². The average Bonchev–Trinajstić information content (AvgIpc) is 3.11. The van der Waals surface area contributed by atoms with E-state index in [0.29, 0.717) is 5.92 Å². The second kappa shape index (κ2) is 4.35. The third kappa shape index (κ3) is 1.75. The molecule has 1 aliphatic heterocycles. The summed E-state index contributed by atoms with van der Waals surface area (Å²) in [5, 5.41) is 5.61. The van der Waals surface area contributed by atoms with Crippen molar-refractivity contribution < 1.29 is 0 Å². The molecule has 0 aliphatic carbocycles. The number of hydrogen-bond acceptors (Lipinski definition) is 3. The maximum absolute atomic E-state index is 4.77. The first-order valence-corrected chi connectivity index (χ1v) is 7.94. The Hall–Kier alpha value is -1.81. The number of nitrogens with zero attached hydrogens (tertiary/aromatic N) is 2. The van der Waals surface area contributed by atoms with Crippen LogP contribution in [0.5, 0.6) is 0 Å². The molecule has 1 aliphatic rings. The lowest BCUT2D eigenvalue weighted by atomic mass is 10.1. The Bertz CT molecular complexity index is 782. The zero-order valence-electron chi connectivity index (χ0n) is 11.7. The molecule has 0 fully saturated rings. The molecule has 4 heteroatoms. The summed E-state index contributed by atoms with van der Waals surface area (Å²) < 4.78 is 2.23. The van der Waals surface area contributed by atoms with Crippen molar-refractivity contribution in [2.45, 2.75) is 26.2 Å². The third-order valence-corrected chi connectivity index (χ3v) is 4.80. The van der Waals surface area contributed by atoms with E-state index < -0.39 is 0 Å². The van der Waals surface area contributed by atoms with E-state index in [1.807, 2.05) is 0 Å². The van der Waals surface area contributed by atoms with Crippen LogP contribution >= 0.6 is 11.3 Å². The first kappa shape index (κ1) is 12.0. The van der Waals surface area contributed by atoms with Crippen LogP contribution in [0.3, 0.4) is 0 Å². The highest BCUT2D eigenvalue weighted by molar-refractivity contribution is 7.15. The lowest BCUT2D eigenvalue weighted by Crippen LogP contribution is -1.91. The SMILES string of the molecule is CC(C)c1csc2nc(-c3ccc4c(c3)CCN4)cn12. The van der Waals surface area contributed by atoms with Crippen LogP contribution in [-0.4, -0.2) is 15.9 Å². The summed E-state index contributed by atoms with van der Waals surface area (Å²) >= 11 is 1.72. The predicted octanol–water partition coefficient (Wildman–Crippen LogP) is 4.15. The molecular formula is C16H17N3S. The number of rotatable bonds is 2. The highest BCUT2D eigenvalue weighted by Gasteiger charge is 2.14. The first-order valence-electron chi connectivity index (χ1n) is 7.06. The monoisotopic (exact) mass is 283 g/mol. The van der Waals surface area contributed by atoms with Gasteiger partial charge in [0.15, 0.2) is 4.96 Å². The highest BCUT2D eigenvalue weighted by Crippen LogP contribution is 2.30. The topological polar surface area (TPSA) is 29.3 Å². The fourth-order valence-corrected chi connectivity index (χ4v) is 3.85. The molecule has 3 nitrogen and oxygen atoms in total. The van der Waals surface area contributed by atoms with Crippen molar-refractivity contribution in [1.82, 2.24) is 9.38 Å². The second-order valence-corrected chi connectivity index (χ2v) is 6.48. The number of benzene rings is 1. The number of fused-ring (bicyclic) bond motifs is 2. The quantitative estimate of drug-likeness (QED) is 0.765. The molecule has 0 amide bonds. The van der Waals surface area contributed by atoms with Crippen LogP contribution in [0.25, 0.3) is 16.2 Å². The maximum atomic E-state index is 4.77. The third-order valence-electron chi connectivity index (χ3n) is 3.94. The Labute approximate surface area is 122 Å². The van der Waals surface area contributed by atoms with Crippen molar-refractivity contribution >= 4 is 22.0 Å². The average molecular weight is 283 g/mol. The molecule has 102 valence electrons. The van der Waals surface area contributed by atoms with Gasteiger partial charge in [-0.15, -0.1) is 11.3 Å². The van der Waals surface area contributed by atoms with E-state index in [4.69, 9.17) is 4.98 Å². The van der Waals surface area contributed by atoms with Gasteiger partial charge in [-0.05, 0) is 30.0 Å². The van der Waals surface area contributed by atoms with Crippen molar-refractivity contribution in [2.75, 3.05) is 11.9 Å². The molecule has 1 N–H and O–H groups in total. The smallest absolute Gasteiger partial charge is 0.194 e. The number of hydrogen-bond donors (Lipinski definition) is 1. The van der Waals surface area contributed by atoms with E-state index in [9.17, 15) is 0 Å². The van der Waals surface area contributed by atoms with Crippen molar-refractivity contribution in [3.05, 3.63) is 41.0 Å². The second-order valence-electron chi connectivity index (χ2n) is 5.64. The van der Waals surface area contributed by atoms with E-state index in [1.165, 1.54) is 22.5 Å².